The van der Waals surface area contributed by atoms with Gasteiger partial charge in [0.05, 0.1) is 37.3 Å². The third kappa shape index (κ3) is 7.45. The lowest BCUT2D eigenvalue weighted by Gasteiger charge is -2.24. The lowest BCUT2D eigenvalue weighted by atomic mass is 10.2. The summed E-state index contributed by atoms with van der Waals surface area (Å²) in [5, 5.41) is 6.50. The number of carbonyl (C=O) groups excluding carboxylic acids is 2. The minimum absolute atomic E-state index is 0.0442. The number of anilines is 2. The van der Waals surface area contributed by atoms with Crippen molar-refractivity contribution < 1.29 is 19.1 Å². The zero-order chi connectivity index (χ0) is 27.3. The summed E-state index contributed by atoms with van der Waals surface area (Å²) in [6, 6.07) is 7.71. The number of likely N-dealkylation sites (tertiary alicyclic amines) is 1. The van der Waals surface area contributed by atoms with Crippen LogP contribution in [-0.2, 0) is 22.6 Å². The lowest BCUT2D eigenvalue weighted by molar-refractivity contribution is 0.0521. The monoisotopic (exact) mass is 539 g/mol. The molecule has 2 N–H and O–H groups in total. The molecule has 1 atom stereocenters. The van der Waals surface area contributed by atoms with E-state index in [0.29, 0.717) is 22.4 Å². The van der Waals surface area contributed by atoms with Crippen molar-refractivity contribution in [1.82, 2.24) is 30.2 Å². The molecule has 0 aliphatic carbocycles. The second kappa shape index (κ2) is 11.8. The second-order valence-corrected chi connectivity index (χ2v) is 11.0. The molecule has 0 bridgehead atoms. The van der Waals surface area contributed by atoms with Gasteiger partial charge in [0.1, 0.15) is 22.1 Å². The number of thiazole rings is 1. The van der Waals surface area contributed by atoms with Crippen LogP contribution in [0.3, 0.4) is 0 Å². The zero-order valence-corrected chi connectivity index (χ0v) is 23.1. The molecule has 3 aromatic rings. The number of rotatable bonds is 8. The molecule has 1 saturated heterocycles. The molecule has 11 nitrogen and oxygen atoms in total. The number of alkyl carbamates (subject to hydrolysis) is 1. The SMILES string of the molecule is COC(=O)c1cnc(Nc2cc(C)nc(C3CCCN3Cc3cccc(CNC(=O)OC(C)(C)C)n3)n2)s1. The third-order valence-electron chi connectivity index (χ3n) is 5.70. The fraction of sp³-hybridized carbons (Fsp3) is 0.462. The summed E-state index contributed by atoms with van der Waals surface area (Å²) in [6.45, 7) is 9.25. The number of carbonyl (C=O) groups is 2. The maximum Gasteiger partial charge on any atom is 0.407 e. The number of aryl methyl sites for hydroxylation is 1. The van der Waals surface area contributed by atoms with Gasteiger partial charge in [0.2, 0.25) is 0 Å². The van der Waals surface area contributed by atoms with Gasteiger partial charge in [-0.1, -0.05) is 17.4 Å². The van der Waals surface area contributed by atoms with Gasteiger partial charge in [0, 0.05) is 18.3 Å². The molecule has 38 heavy (non-hydrogen) atoms. The van der Waals surface area contributed by atoms with E-state index in [-0.39, 0.29) is 12.6 Å². The topological polar surface area (TPSA) is 131 Å². The summed E-state index contributed by atoms with van der Waals surface area (Å²) in [7, 11) is 1.34. The Balaban J connectivity index is 1.43. The molecule has 4 heterocycles. The second-order valence-electron chi connectivity index (χ2n) is 10.0. The summed E-state index contributed by atoms with van der Waals surface area (Å²) < 4.78 is 10.1. The van der Waals surface area contributed by atoms with E-state index in [9.17, 15) is 9.59 Å². The predicted molar refractivity (Wildman–Crippen MR) is 143 cm³/mol. The van der Waals surface area contributed by atoms with Crippen LogP contribution < -0.4 is 10.6 Å². The number of nitrogens with zero attached hydrogens (tertiary/aromatic N) is 5. The van der Waals surface area contributed by atoms with Crippen LogP contribution in [0.25, 0.3) is 0 Å². The van der Waals surface area contributed by atoms with E-state index in [4.69, 9.17) is 24.4 Å². The maximum absolute atomic E-state index is 12.0. The van der Waals surface area contributed by atoms with Gasteiger partial charge < -0.3 is 20.1 Å². The highest BCUT2D eigenvalue weighted by molar-refractivity contribution is 7.17. The van der Waals surface area contributed by atoms with Crippen LogP contribution in [-0.4, -0.2) is 56.2 Å². The van der Waals surface area contributed by atoms with Crippen LogP contribution in [0.5, 0.6) is 0 Å². The van der Waals surface area contributed by atoms with Crippen molar-refractivity contribution in [3.8, 4) is 0 Å². The first-order valence-electron chi connectivity index (χ1n) is 12.4. The van der Waals surface area contributed by atoms with Crippen LogP contribution in [0, 0.1) is 6.92 Å². The van der Waals surface area contributed by atoms with Crippen molar-refractivity contribution in [3.63, 3.8) is 0 Å². The lowest BCUT2D eigenvalue weighted by Crippen LogP contribution is -2.32. The Morgan fingerprint density at radius 2 is 1.97 bits per heavy atom. The molecule has 1 amide bonds. The Morgan fingerprint density at radius 3 is 2.74 bits per heavy atom. The molecule has 0 aromatic carbocycles. The van der Waals surface area contributed by atoms with Gasteiger partial charge in [-0.15, -0.1) is 0 Å². The fourth-order valence-corrected chi connectivity index (χ4v) is 4.89. The molecule has 1 aliphatic rings. The van der Waals surface area contributed by atoms with Gasteiger partial charge in [0.25, 0.3) is 0 Å². The van der Waals surface area contributed by atoms with Crippen molar-refractivity contribution in [2.24, 2.45) is 0 Å². The van der Waals surface area contributed by atoms with E-state index in [0.717, 1.165) is 42.3 Å². The van der Waals surface area contributed by atoms with Crippen LogP contribution in [0.4, 0.5) is 15.7 Å². The summed E-state index contributed by atoms with van der Waals surface area (Å²) in [5.41, 5.74) is 1.95. The molecule has 1 aliphatic heterocycles. The highest BCUT2D eigenvalue weighted by atomic mass is 32.1. The number of pyridine rings is 1. The Kier molecular flexibility index (Phi) is 8.52. The Hall–Kier alpha value is -3.64. The Morgan fingerprint density at radius 1 is 1.18 bits per heavy atom. The molecule has 0 spiro atoms. The number of hydrogen-bond donors (Lipinski definition) is 2. The molecule has 3 aromatic heterocycles. The summed E-state index contributed by atoms with van der Waals surface area (Å²) in [5.74, 6) is 0.936. The Bertz CT molecular complexity index is 1290. The number of methoxy groups -OCH3 is 1. The molecule has 202 valence electrons. The standard InChI is InChI=1S/C26H33N7O4S/c1-16-12-21(32-24-27-14-20(38-24)23(34)36-5)31-22(29-16)19-10-7-11-33(19)15-18-9-6-8-17(30-18)13-28-25(35)37-26(2,3)4/h6,8-9,12,14,19H,7,10-11,13,15H2,1-5H3,(H,28,35)(H,27,29,31,32). The largest absolute Gasteiger partial charge is 0.465 e. The maximum atomic E-state index is 12.0. The van der Waals surface area contributed by atoms with Gasteiger partial charge in [-0.3, -0.25) is 9.88 Å². The third-order valence-corrected chi connectivity index (χ3v) is 6.60. The number of amides is 1. The molecule has 0 saturated carbocycles. The molecular weight excluding hydrogens is 506 g/mol. The van der Waals surface area contributed by atoms with E-state index < -0.39 is 17.7 Å². The summed E-state index contributed by atoms with van der Waals surface area (Å²) in [6.07, 6.45) is 2.98. The van der Waals surface area contributed by atoms with Gasteiger partial charge in [0.15, 0.2) is 5.13 Å². The van der Waals surface area contributed by atoms with Crippen LogP contribution in [0.1, 0.15) is 72.2 Å². The first-order valence-corrected chi connectivity index (χ1v) is 13.2. The quantitative estimate of drug-likeness (QED) is 0.394. The van der Waals surface area contributed by atoms with Crippen LogP contribution in [0.2, 0.25) is 0 Å². The first-order chi connectivity index (χ1) is 18.1. The van der Waals surface area contributed by atoms with Gasteiger partial charge in [-0.2, -0.15) is 0 Å². The van der Waals surface area contributed by atoms with Crippen molar-refractivity contribution in [3.05, 3.63) is 58.2 Å². The fourth-order valence-electron chi connectivity index (χ4n) is 4.15. The van der Waals surface area contributed by atoms with Gasteiger partial charge in [-0.05, 0) is 59.2 Å². The number of hydrogen-bond acceptors (Lipinski definition) is 11. The summed E-state index contributed by atoms with van der Waals surface area (Å²) in [4.78, 5) is 45.0. The van der Waals surface area contributed by atoms with Gasteiger partial charge in [-0.25, -0.2) is 24.5 Å². The molecule has 4 rings (SSSR count). The average Bonchev–Trinajstić information content (AvgIpc) is 3.51. The average molecular weight is 540 g/mol. The van der Waals surface area contributed by atoms with E-state index >= 15 is 0 Å². The van der Waals surface area contributed by atoms with Crippen molar-refractivity contribution in [1.29, 1.82) is 0 Å². The first kappa shape index (κ1) is 27.4. The smallest absolute Gasteiger partial charge is 0.407 e. The number of aromatic nitrogens is 4. The molecule has 1 fully saturated rings. The molecule has 1 unspecified atom stereocenters. The normalized spacial score (nSPS) is 15.8. The minimum atomic E-state index is -0.552. The van der Waals surface area contributed by atoms with E-state index in [2.05, 4.69) is 20.5 Å². The molecule has 12 heteroatoms. The molecule has 0 radical (unpaired) electrons. The molecular formula is C26H33N7O4S. The van der Waals surface area contributed by atoms with Crippen molar-refractivity contribution in [2.75, 3.05) is 19.0 Å². The van der Waals surface area contributed by atoms with Crippen LogP contribution in [0.15, 0.2) is 30.5 Å². The van der Waals surface area contributed by atoms with E-state index in [1.54, 1.807) is 0 Å². The predicted octanol–water partition coefficient (Wildman–Crippen LogP) is 4.53. The summed E-state index contributed by atoms with van der Waals surface area (Å²) >= 11 is 1.21. The van der Waals surface area contributed by atoms with E-state index in [1.807, 2.05) is 52.0 Å². The minimum Gasteiger partial charge on any atom is -0.465 e. The van der Waals surface area contributed by atoms with Crippen molar-refractivity contribution in [2.45, 2.75) is 65.3 Å². The van der Waals surface area contributed by atoms with E-state index in [1.165, 1.54) is 24.6 Å². The van der Waals surface area contributed by atoms with Gasteiger partial charge >= 0.3 is 12.1 Å². The van der Waals surface area contributed by atoms with Crippen molar-refractivity contribution >= 4 is 34.3 Å². The highest BCUT2D eigenvalue weighted by Gasteiger charge is 2.29. The number of ether oxygens (including phenoxy) is 2. The number of nitrogens with one attached hydrogen (secondary N) is 2. The van der Waals surface area contributed by atoms with Crippen LogP contribution >= 0.6 is 11.3 Å². The number of esters is 1. The zero-order valence-electron chi connectivity index (χ0n) is 22.3. The Labute approximate surface area is 226 Å². The highest BCUT2D eigenvalue weighted by Crippen LogP contribution is 2.32.